The average molecular weight is 1190 g/mol. The summed E-state index contributed by atoms with van der Waals surface area (Å²) in [6, 6.07) is 12.5. The quantitative estimate of drug-likeness (QED) is 0.0860. The van der Waals surface area contributed by atoms with Crippen LogP contribution in [-0.2, 0) is 52.7 Å². The number of rotatable bonds is 4. The third-order valence-corrected chi connectivity index (χ3v) is 16.8. The van der Waals surface area contributed by atoms with Gasteiger partial charge in [-0.3, -0.25) is 9.97 Å². The Morgan fingerprint density at radius 3 is 1.03 bits per heavy atom. The topological polar surface area (TPSA) is 140 Å². The van der Waals surface area contributed by atoms with Crippen LogP contribution in [0.2, 0.25) is 0 Å². The summed E-state index contributed by atoms with van der Waals surface area (Å²) in [5.41, 5.74) is -8.81. The maximum absolute atomic E-state index is 10.7. The van der Waals surface area contributed by atoms with E-state index in [1.165, 1.54) is 43.2 Å². The van der Waals surface area contributed by atoms with E-state index in [0.717, 1.165) is 6.16 Å². The monoisotopic (exact) mass is 1190 g/mol. The first-order valence-electron chi connectivity index (χ1n) is 17.7. The number of allylic oxidation sites excluding steroid dienone is 4. The van der Waals surface area contributed by atoms with Gasteiger partial charge in [0, 0.05) is 52.3 Å². The molecule has 0 atom stereocenters. The summed E-state index contributed by atoms with van der Waals surface area (Å²) in [5, 5.41) is 1.59. The Hall–Kier alpha value is 0.979. The summed E-state index contributed by atoms with van der Waals surface area (Å²) < 4.78 is 118. The molecule has 0 aromatic carbocycles. The van der Waals surface area contributed by atoms with Crippen LogP contribution in [0.5, 0.6) is 0 Å². The molecule has 2 aromatic heterocycles. The second kappa shape index (κ2) is 35.1. The molecule has 0 amide bonds. The zero-order chi connectivity index (χ0) is 44.5. The molecule has 1 aliphatic rings. The van der Waals surface area contributed by atoms with E-state index in [9.17, 15) is 26.3 Å². The molecular formula is C40H67ClF6IrN2Na2O6P2S2-2. The first-order valence-corrected chi connectivity index (χ1v) is 23.8. The number of hydrogen-bond acceptors (Lipinski definition) is 8. The van der Waals surface area contributed by atoms with Crippen molar-refractivity contribution in [3.8, 4) is 0 Å². The summed E-state index contributed by atoms with van der Waals surface area (Å²) in [5.74, 6) is 0. The number of pyridine rings is 2. The standard InChI is InChI=1S/2C14H24NP.C8H12.2CHF3O3S.2CH3.ClH.Ir.2Na/c2*1-13(2,3)16(14(4,5)6)11-12-9-7-8-10-15-12;1-2-4-6-8-7-5-3-1;2*2-1(3,4)8(5,6)7;;;;;;/h2*7-10H,11H2,1-6H3;1-2,7-8H,3-6H2;2*(H,5,6,7);2*1H3;1H;;;/q;;;;;2*-1;;;2*+1/p-2/b;;2-1-,8-7?;;;;;;;;. The predicted octanol–water partition coefficient (Wildman–Crippen LogP) is 3.74. The Bertz CT molecular complexity index is 1530. The maximum Gasteiger partial charge on any atom is 1.00 e. The third-order valence-electron chi connectivity index (χ3n) is 7.46. The van der Waals surface area contributed by atoms with Crippen LogP contribution in [0, 0.1) is 14.9 Å². The molecule has 0 fully saturated rings. The van der Waals surface area contributed by atoms with Crippen molar-refractivity contribution in [1.82, 2.24) is 9.97 Å². The summed E-state index contributed by atoms with van der Waals surface area (Å²) in [6.07, 6.45) is 20.1. The normalized spacial score (nSPS) is 13.5. The van der Waals surface area contributed by atoms with Crippen molar-refractivity contribution in [1.29, 1.82) is 0 Å². The van der Waals surface area contributed by atoms with Crippen molar-refractivity contribution in [3.63, 3.8) is 0 Å². The van der Waals surface area contributed by atoms with Crippen LogP contribution in [0.25, 0.3) is 0 Å². The fourth-order valence-electron chi connectivity index (χ4n) is 5.33. The van der Waals surface area contributed by atoms with Gasteiger partial charge >= 0.3 is 70.1 Å². The first kappa shape index (κ1) is 80.0. The molecule has 0 bridgehead atoms. The molecule has 2 heterocycles. The number of aromatic nitrogens is 2. The van der Waals surface area contributed by atoms with Crippen LogP contribution in [0.1, 0.15) is 120 Å². The molecule has 8 nitrogen and oxygen atoms in total. The molecule has 2 aromatic rings. The first-order chi connectivity index (χ1) is 24.9. The zero-order valence-corrected chi connectivity index (χ0v) is 49.9. The van der Waals surface area contributed by atoms with Gasteiger partial charge in [-0.1, -0.05) is 85.9 Å². The molecule has 0 N–H and O–H groups in total. The maximum atomic E-state index is 10.7. The van der Waals surface area contributed by atoms with E-state index in [1.807, 2.05) is 24.5 Å². The molecular weight excluding hydrogens is 1120 g/mol. The van der Waals surface area contributed by atoms with Crippen LogP contribution in [0.3, 0.4) is 0 Å². The van der Waals surface area contributed by atoms with E-state index in [4.69, 9.17) is 25.9 Å². The van der Waals surface area contributed by atoms with Crippen LogP contribution in [0.15, 0.2) is 73.1 Å². The van der Waals surface area contributed by atoms with Crippen LogP contribution in [0.4, 0.5) is 26.3 Å². The minimum absolute atomic E-state index is 0. The summed E-state index contributed by atoms with van der Waals surface area (Å²) in [7, 11) is -12.8. The summed E-state index contributed by atoms with van der Waals surface area (Å²) in [6.45, 7) is 28.3. The Kier molecular flexibility index (Phi) is 45.4. The smallest absolute Gasteiger partial charge is 1.00 e. The molecule has 62 heavy (non-hydrogen) atoms. The molecule has 0 spiro atoms. The minimum Gasteiger partial charge on any atom is -1.00 e. The van der Waals surface area contributed by atoms with Crippen molar-refractivity contribution in [2.45, 2.75) is 153 Å². The molecule has 1 radical (unpaired) electrons. The van der Waals surface area contributed by atoms with E-state index in [0.29, 0.717) is 20.6 Å². The van der Waals surface area contributed by atoms with Crippen molar-refractivity contribution in [2.24, 2.45) is 0 Å². The number of halogens is 7. The molecule has 3 rings (SSSR count). The Morgan fingerprint density at radius 1 is 0.581 bits per heavy atom. The fourth-order valence-corrected chi connectivity index (χ4v) is 12.7. The predicted molar refractivity (Wildman–Crippen MR) is 231 cm³/mol. The van der Waals surface area contributed by atoms with E-state index >= 15 is 0 Å². The van der Waals surface area contributed by atoms with Gasteiger partial charge in [0.05, 0.1) is 22.2 Å². The molecule has 0 aliphatic heterocycles. The Balaban J connectivity index is -0.0000000993. The Morgan fingerprint density at radius 2 is 0.839 bits per heavy atom. The van der Waals surface area contributed by atoms with Crippen molar-refractivity contribution < 1.29 is 144 Å². The Labute approximate surface area is 437 Å². The van der Waals surface area contributed by atoms with Crippen LogP contribution < -0.4 is 71.5 Å². The van der Waals surface area contributed by atoms with Crippen LogP contribution in [-0.4, -0.2) is 67.6 Å². The van der Waals surface area contributed by atoms with Gasteiger partial charge in [-0.05, 0) is 102 Å². The van der Waals surface area contributed by atoms with Gasteiger partial charge < -0.3 is 36.4 Å². The van der Waals surface area contributed by atoms with Gasteiger partial charge in [-0.25, -0.2) is 16.8 Å². The van der Waals surface area contributed by atoms with Gasteiger partial charge in [0.25, 0.3) is 0 Å². The van der Waals surface area contributed by atoms with Gasteiger partial charge in [0.15, 0.2) is 20.2 Å². The molecule has 1 aliphatic carbocycles. The second-order valence-electron chi connectivity index (χ2n) is 16.6. The van der Waals surface area contributed by atoms with Gasteiger partial charge in [-0.2, -0.15) is 26.3 Å². The second-order valence-corrected chi connectivity index (χ2v) is 27.5. The van der Waals surface area contributed by atoms with Gasteiger partial charge in [0.1, 0.15) is 0 Å². The molecule has 22 heteroatoms. The molecule has 357 valence electrons. The summed E-state index contributed by atoms with van der Waals surface area (Å²) in [4.78, 5) is 8.93. The largest absolute Gasteiger partial charge is 1.00 e. The van der Waals surface area contributed by atoms with E-state index in [-0.39, 0.29) is 114 Å². The summed E-state index contributed by atoms with van der Waals surface area (Å²) >= 11 is 0. The molecule has 0 saturated heterocycles. The third kappa shape index (κ3) is 39.0. The van der Waals surface area contributed by atoms with Crippen molar-refractivity contribution in [3.05, 3.63) is 99.3 Å². The van der Waals surface area contributed by atoms with E-state index in [1.54, 1.807) is 0 Å². The number of alkyl halides is 6. The SMILES string of the molecule is C1=CCC/C=C\CC1.CC(C)(C)P(Cc1ccccn1)C(C)(C)C.CC(C)(C)[PH+](Cc1ccccn1)C(C)(C)C.O=S(=O)([O-])C(F)(F)F.O=S(=O)([O-])C(F)(F)F.[CH3-].[CH3-].[Cl-].[Ir].[Na+].[Na+]. The average Bonchev–Trinajstić information content (AvgIpc) is 2.96. The van der Waals surface area contributed by atoms with Crippen molar-refractivity contribution in [2.75, 3.05) is 0 Å². The zero-order valence-electron chi connectivity index (χ0n) is 39.3. The van der Waals surface area contributed by atoms with Gasteiger partial charge in [0.2, 0.25) is 0 Å². The number of nitrogens with zero attached hydrogens (tertiary/aromatic N) is 2. The molecule has 0 saturated carbocycles. The number of hydrogen-bond donors (Lipinski definition) is 0. The fraction of sp³-hybridized carbons (Fsp3) is 0.600. The van der Waals surface area contributed by atoms with Gasteiger partial charge in [-0.15, -0.1) is 0 Å². The van der Waals surface area contributed by atoms with E-state index in [2.05, 4.69) is 142 Å². The molecule has 0 unspecified atom stereocenters. The van der Waals surface area contributed by atoms with Crippen molar-refractivity contribution >= 4 is 36.1 Å². The van der Waals surface area contributed by atoms with Crippen LogP contribution >= 0.6 is 15.8 Å². The van der Waals surface area contributed by atoms with E-state index < -0.39 is 39.2 Å². The minimum atomic E-state index is -6.09.